The minimum Gasteiger partial charge on any atom is -0.480 e. The number of hydrogen-bond acceptors (Lipinski definition) is 7. The van der Waals surface area contributed by atoms with Crippen LogP contribution in [0.15, 0.2) is 53.6 Å². The van der Waals surface area contributed by atoms with Crippen molar-refractivity contribution in [2.24, 2.45) is 5.73 Å². The lowest BCUT2D eigenvalue weighted by Crippen LogP contribution is -2.55. The number of halogens is 2. The van der Waals surface area contributed by atoms with Crippen LogP contribution in [0.25, 0.3) is 11.3 Å². The topological polar surface area (TPSA) is 139 Å². The molecule has 0 spiro atoms. The average molecular weight is 552 g/mol. The highest BCUT2D eigenvalue weighted by Crippen LogP contribution is 2.33. The number of aliphatic carboxylic acids is 1. The highest BCUT2D eigenvalue weighted by molar-refractivity contribution is 7.92. The quantitative estimate of drug-likeness (QED) is 0.417. The number of nitrogens with zero attached hydrogens (tertiary/aromatic N) is 3. The van der Waals surface area contributed by atoms with E-state index in [2.05, 4.69) is 14.7 Å². The molecular weight excluding hydrogens is 525 g/mol. The largest absolute Gasteiger partial charge is 0.480 e. The number of carboxylic acids is 1. The summed E-state index contributed by atoms with van der Waals surface area (Å²) in [5, 5.41) is 9.56. The number of carboxylic acid groups (broad SMARTS) is 1. The van der Waals surface area contributed by atoms with Gasteiger partial charge in [0.2, 0.25) is 0 Å². The smallest absolute Gasteiger partial charge is 0.323 e. The molecule has 1 aromatic carbocycles. The molecule has 0 amide bonds. The zero-order valence-electron chi connectivity index (χ0n) is 19.7. The first kappa shape index (κ1) is 27.7. The van der Waals surface area contributed by atoms with Gasteiger partial charge in [-0.25, -0.2) is 9.97 Å². The van der Waals surface area contributed by atoms with Crippen LogP contribution < -0.4 is 15.4 Å². The van der Waals surface area contributed by atoms with Crippen molar-refractivity contribution in [3.05, 3.63) is 64.7 Å². The summed E-state index contributed by atoms with van der Waals surface area (Å²) in [5.41, 5.74) is 7.94. The number of pyridine rings is 2. The number of aromatic nitrogens is 2. The molecule has 1 aliphatic rings. The second-order valence-corrected chi connectivity index (χ2v) is 10.7. The number of nitrogens with one attached hydrogen (secondary N) is 1. The molecule has 0 saturated carbocycles. The van der Waals surface area contributed by atoms with Crippen LogP contribution >= 0.6 is 24.0 Å². The molecule has 1 fully saturated rings. The molecule has 1 saturated heterocycles. The summed E-state index contributed by atoms with van der Waals surface area (Å²) in [4.78, 5) is 22.0. The van der Waals surface area contributed by atoms with Crippen molar-refractivity contribution in [1.82, 2.24) is 9.97 Å². The van der Waals surface area contributed by atoms with Crippen LogP contribution in [0.3, 0.4) is 0 Å². The molecule has 1 aliphatic heterocycles. The van der Waals surface area contributed by atoms with Crippen molar-refractivity contribution < 1.29 is 18.3 Å². The summed E-state index contributed by atoms with van der Waals surface area (Å²) < 4.78 is 28.8. The molecule has 3 aromatic rings. The van der Waals surface area contributed by atoms with E-state index in [4.69, 9.17) is 17.3 Å². The Balaban J connectivity index is 0.00000361. The SMILES string of the molecule is Cc1cccc(C)c1-c1nc(NS(=O)(=O)c2cccc(N3CCC(N)(C(=O)O)CC3)n2)ccc1Cl.Cl. The molecular formula is C24H27Cl2N5O4S. The van der Waals surface area contributed by atoms with Gasteiger partial charge in [-0.1, -0.05) is 35.9 Å². The van der Waals surface area contributed by atoms with Gasteiger partial charge in [-0.2, -0.15) is 8.42 Å². The molecule has 0 aliphatic carbocycles. The number of aryl methyl sites for hydroxylation is 2. The first-order valence-corrected chi connectivity index (χ1v) is 12.9. The molecule has 4 N–H and O–H groups in total. The molecule has 0 unspecified atom stereocenters. The van der Waals surface area contributed by atoms with Crippen molar-refractivity contribution in [3.8, 4) is 11.3 Å². The molecule has 192 valence electrons. The third kappa shape index (κ3) is 5.57. The molecule has 0 atom stereocenters. The summed E-state index contributed by atoms with van der Waals surface area (Å²) in [5.74, 6) is -0.492. The first-order chi connectivity index (χ1) is 16.5. The molecule has 9 nitrogen and oxygen atoms in total. The normalized spacial score (nSPS) is 15.2. The van der Waals surface area contributed by atoms with Gasteiger partial charge in [-0.05, 0) is 62.1 Å². The fourth-order valence-electron chi connectivity index (χ4n) is 4.13. The van der Waals surface area contributed by atoms with E-state index in [1.165, 1.54) is 12.1 Å². The summed E-state index contributed by atoms with van der Waals surface area (Å²) in [6.45, 7) is 4.59. The van der Waals surface area contributed by atoms with Crippen molar-refractivity contribution in [2.75, 3.05) is 22.7 Å². The zero-order valence-corrected chi connectivity index (χ0v) is 22.1. The summed E-state index contributed by atoms with van der Waals surface area (Å²) in [6.07, 6.45) is 0.462. The Morgan fingerprint density at radius 2 is 1.67 bits per heavy atom. The minimum absolute atomic E-state index is 0. The van der Waals surface area contributed by atoms with Gasteiger partial charge < -0.3 is 15.7 Å². The average Bonchev–Trinajstić information content (AvgIpc) is 2.81. The predicted octanol–water partition coefficient (Wildman–Crippen LogP) is 4.02. The number of benzene rings is 1. The number of piperidine rings is 1. The Morgan fingerprint density at radius 3 is 2.28 bits per heavy atom. The Kier molecular flexibility index (Phi) is 8.14. The standard InChI is InChI=1S/C24H26ClN5O4S.ClH/c1-15-5-3-6-16(2)21(15)22-17(25)9-10-18(27-22)29-35(33,34)20-8-4-7-19(28-20)30-13-11-24(26,12-14-30)23(31)32;/h3-10H,11-14,26H2,1-2H3,(H,27,29)(H,31,32);1H. The molecule has 36 heavy (non-hydrogen) atoms. The highest BCUT2D eigenvalue weighted by atomic mass is 35.5. The van der Waals surface area contributed by atoms with E-state index in [1.807, 2.05) is 36.9 Å². The Bertz CT molecular complexity index is 1370. The predicted molar refractivity (Wildman–Crippen MR) is 142 cm³/mol. The third-order valence-corrected chi connectivity index (χ3v) is 7.75. The number of nitrogens with two attached hydrogens (primary N) is 1. The van der Waals surface area contributed by atoms with Crippen LogP contribution in [0.1, 0.15) is 24.0 Å². The van der Waals surface area contributed by atoms with Crippen LogP contribution in [0.4, 0.5) is 11.6 Å². The monoisotopic (exact) mass is 551 g/mol. The highest BCUT2D eigenvalue weighted by Gasteiger charge is 2.38. The number of rotatable bonds is 6. The van der Waals surface area contributed by atoms with Gasteiger partial charge in [0.25, 0.3) is 10.0 Å². The van der Waals surface area contributed by atoms with E-state index in [-0.39, 0.29) is 36.1 Å². The van der Waals surface area contributed by atoms with E-state index in [9.17, 15) is 18.3 Å². The fourth-order valence-corrected chi connectivity index (χ4v) is 5.30. The van der Waals surface area contributed by atoms with Gasteiger partial charge in [0, 0.05) is 18.7 Å². The first-order valence-electron chi connectivity index (χ1n) is 11.0. The van der Waals surface area contributed by atoms with Gasteiger partial charge in [0.15, 0.2) is 5.03 Å². The van der Waals surface area contributed by atoms with Gasteiger partial charge in [0.1, 0.15) is 17.2 Å². The Morgan fingerprint density at radius 1 is 1.06 bits per heavy atom. The summed E-state index contributed by atoms with van der Waals surface area (Å²) in [7, 11) is -4.05. The summed E-state index contributed by atoms with van der Waals surface area (Å²) in [6, 6.07) is 13.6. The van der Waals surface area contributed by atoms with Crippen LogP contribution in [-0.2, 0) is 14.8 Å². The minimum atomic E-state index is -4.05. The van der Waals surface area contributed by atoms with E-state index < -0.39 is 21.5 Å². The number of carbonyl (C=O) groups is 1. The molecule has 4 rings (SSSR count). The van der Waals surface area contributed by atoms with Crippen molar-refractivity contribution in [1.29, 1.82) is 0 Å². The van der Waals surface area contributed by atoms with Gasteiger partial charge in [-0.3, -0.25) is 9.52 Å². The maximum absolute atomic E-state index is 13.1. The van der Waals surface area contributed by atoms with Crippen molar-refractivity contribution in [2.45, 2.75) is 37.3 Å². The van der Waals surface area contributed by atoms with E-state index in [1.54, 1.807) is 18.2 Å². The second kappa shape index (κ2) is 10.6. The Hall–Kier alpha value is -2.92. The van der Waals surface area contributed by atoms with Crippen LogP contribution in [0.2, 0.25) is 5.02 Å². The number of hydrogen-bond donors (Lipinski definition) is 3. The lowest BCUT2D eigenvalue weighted by atomic mass is 9.89. The molecule has 3 heterocycles. The van der Waals surface area contributed by atoms with Crippen molar-refractivity contribution in [3.63, 3.8) is 0 Å². The Labute approximate surface area is 221 Å². The van der Waals surface area contributed by atoms with E-state index >= 15 is 0 Å². The van der Waals surface area contributed by atoms with Crippen molar-refractivity contribution >= 4 is 51.6 Å². The van der Waals surface area contributed by atoms with Crippen LogP contribution in [0.5, 0.6) is 0 Å². The number of anilines is 2. The lowest BCUT2D eigenvalue weighted by Gasteiger charge is -2.36. The lowest BCUT2D eigenvalue weighted by molar-refractivity contribution is -0.144. The second-order valence-electron chi connectivity index (χ2n) is 8.68. The third-order valence-electron chi connectivity index (χ3n) is 6.19. The molecule has 2 aromatic heterocycles. The maximum atomic E-state index is 13.1. The molecule has 0 bridgehead atoms. The van der Waals surface area contributed by atoms with Crippen LogP contribution in [-0.4, -0.2) is 48.1 Å². The maximum Gasteiger partial charge on any atom is 0.323 e. The van der Waals surface area contributed by atoms with Gasteiger partial charge in [-0.15, -0.1) is 12.4 Å². The molecule has 0 radical (unpaired) electrons. The van der Waals surface area contributed by atoms with E-state index in [0.717, 1.165) is 16.7 Å². The number of sulfonamides is 1. The summed E-state index contributed by atoms with van der Waals surface area (Å²) >= 11 is 6.41. The van der Waals surface area contributed by atoms with Gasteiger partial charge >= 0.3 is 5.97 Å². The zero-order chi connectivity index (χ0) is 25.4. The fraction of sp³-hybridized carbons (Fsp3) is 0.292. The van der Waals surface area contributed by atoms with Crippen LogP contribution in [0, 0.1) is 13.8 Å². The van der Waals surface area contributed by atoms with Gasteiger partial charge in [0.05, 0.1) is 10.7 Å². The molecule has 12 heteroatoms. The van der Waals surface area contributed by atoms with E-state index in [0.29, 0.717) is 29.6 Å².